The van der Waals surface area contributed by atoms with Gasteiger partial charge >= 0.3 is 0 Å². The number of aromatic nitrogens is 1. The summed E-state index contributed by atoms with van der Waals surface area (Å²) >= 11 is 3.40. The summed E-state index contributed by atoms with van der Waals surface area (Å²) in [6.45, 7) is 4.66. The van der Waals surface area contributed by atoms with Gasteiger partial charge in [0.15, 0.2) is 11.5 Å². The van der Waals surface area contributed by atoms with Crippen LogP contribution < -0.4 is 14.4 Å². The Hall–Kier alpha value is -2.28. The molecule has 0 N–H and O–H groups in total. The van der Waals surface area contributed by atoms with E-state index in [-0.39, 0.29) is 12.0 Å². The summed E-state index contributed by atoms with van der Waals surface area (Å²) in [5.41, 5.74) is 0. The van der Waals surface area contributed by atoms with Gasteiger partial charge in [-0.25, -0.2) is 4.98 Å². The van der Waals surface area contributed by atoms with Crippen LogP contribution in [-0.2, 0) is 4.79 Å². The van der Waals surface area contributed by atoms with E-state index in [0.29, 0.717) is 24.6 Å². The second-order valence-corrected chi connectivity index (χ2v) is 7.37. The topological polar surface area (TPSA) is 54.9 Å². The molecule has 136 valence electrons. The number of carbonyl (C=O) groups is 1. The van der Waals surface area contributed by atoms with Gasteiger partial charge in [-0.3, -0.25) is 4.79 Å². The molecular weight excluding hydrogens is 398 g/mol. The number of benzene rings is 1. The minimum atomic E-state index is -0.609. The van der Waals surface area contributed by atoms with Gasteiger partial charge in [-0.15, -0.1) is 0 Å². The average molecular weight is 418 g/mol. The van der Waals surface area contributed by atoms with Crippen molar-refractivity contribution in [3.63, 3.8) is 0 Å². The largest absolute Gasteiger partial charge is 0.482 e. The van der Waals surface area contributed by atoms with E-state index in [1.807, 2.05) is 48.2 Å². The van der Waals surface area contributed by atoms with Crippen molar-refractivity contribution < 1.29 is 14.3 Å². The lowest BCUT2D eigenvalue weighted by Gasteiger charge is -2.39. The summed E-state index contributed by atoms with van der Waals surface area (Å²) < 4.78 is 12.8. The van der Waals surface area contributed by atoms with Crippen LogP contribution in [-0.4, -0.2) is 54.2 Å². The molecule has 7 heteroatoms. The van der Waals surface area contributed by atoms with E-state index < -0.39 is 6.10 Å². The predicted molar refractivity (Wildman–Crippen MR) is 102 cm³/mol. The maximum atomic E-state index is 12.9. The second kappa shape index (κ2) is 7.15. The lowest BCUT2D eigenvalue weighted by Crippen LogP contribution is -2.56. The van der Waals surface area contributed by atoms with Crippen molar-refractivity contribution in [2.45, 2.75) is 19.1 Å². The van der Waals surface area contributed by atoms with Crippen LogP contribution in [0.5, 0.6) is 11.5 Å². The van der Waals surface area contributed by atoms with Crippen molar-refractivity contribution in [2.75, 3.05) is 31.1 Å². The average Bonchev–Trinajstić information content (AvgIpc) is 2.68. The first-order valence-corrected chi connectivity index (χ1v) is 9.49. The van der Waals surface area contributed by atoms with Crippen molar-refractivity contribution in [3.05, 3.63) is 47.1 Å². The summed E-state index contributed by atoms with van der Waals surface area (Å²) in [6.07, 6.45) is 0.866. The molecule has 2 aliphatic heterocycles. The molecule has 1 amide bonds. The minimum absolute atomic E-state index is 0.0181. The number of carbonyl (C=O) groups excluding carboxylic acids is 1. The zero-order chi connectivity index (χ0) is 18.1. The number of para-hydroxylation sites is 2. The lowest BCUT2D eigenvalue weighted by molar-refractivity contribution is -0.144. The molecule has 2 aliphatic rings. The number of halogens is 1. The number of hydrogen-bond acceptors (Lipinski definition) is 5. The summed E-state index contributed by atoms with van der Waals surface area (Å²) in [4.78, 5) is 21.4. The van der Waals surface area contributed by atoms with Crippen LogP contribution in [0.1, 0.15) is 6.92 Å². The van der Waals surface area contributed by atoms with Crippen LogP contribution in [0, 0.1) is 0 Å². The van der Waals surface area contributed by atoms with E-state index in [9.17, 15) is 4.79 Å². The summed E-state index contributed by atoms with van der Waals surface area (Å²) in [7, 11) is 0. The van der Waals surface area contributed by atoms with E-state index in [1.54, 1.807) is 6.20 Å². The van der Waals surface area contributed by atoms with Gasteiger partial charge in [-0.05, 0) is 47.1 Å². The van der Waals surface area contributed by atoms with Crippen LogP contribution in [0.2, 0.25) is 0 Å². The highest BCUT2D eigenvalue weighted by Crippen LogP contribution is 2.34. The van der Waals surface area contributed by atoms with E-state index in [0.717, 1.165) is 23.4 Å². The number of ether oxygens (including phenoxy) is 2. The normalized spacial score (nSPS) is 22.2. The third kappa shape index (κ3) is 3.35. The number of fused-ring (bicyclic) bond motifs is 1. The number of rotatable bonds is 2. The number of nitrogens with zero attached hydrogens (tertiary/aromatic N) is 3. The molecule has 26 heavy (non-hydrogen) atoms. The maximum absolute atomic E-state index is 12.9. The zero-order valence-electron chi connectivity index (χ0n) is 14.5. The van der Waals surface area contributed by atoms with Crippen LogP contribution >= 0.6 is 15.9 Å². The quantitative estimate of drug-likeness (QED) is 0.751. The summed E-state index contributed by atoms with van der Waals surface area (Å²) in [5, 5.41) is 0. The van der Waals surface area contributed by atoms with Gasteiger partial charge in [0.25, 0.3) is 5.91 Å². The van der Waals surface area contributed by atoms with E-state index in [2.05, 4.69) is 25.8 Å². The first kappa shape index (κ1) is 17.1. The molecule has 2 atom stereocenters. The Kier molecular flexibility index (Phi) is 4.72. The van der Waals surface area contributed by atoms with Crippen molar-refractivity contribution in [1.29, 1.82) is 0 Å². The molecule has 4 rings (SSSR count). The Balaban J connectivity index is 1.40. The Bertz CT molecular complexity index is 791. The van der Waals surface area contributed by atoms with E-state index in [4.69, 9.17) is 9.47 Å². The first-order chi connectivity index (χ1) is 12.6. The number of hydrogen-bond donors (Lipinski definition) is 0. The Morgan fingerprint density at radius 3 is 2.42 bits per heavy atom. The van der Waals surface area contributed by atoms with Crippen molar-refractivity contribution in [3.8, 4) is 11.5 Å². The van der Waals surface area contributed by atoms with E-state index in [1.165, 1.54) is 0 Å². The summed E-state index contributed by atoms with van der Waals surface area (Å²) in [5.74, 6) is 2.23. The maximum Gasteiger partial charge on any atom is 0.267 e. The molecule has 2 aromatic rings. The number of amides is 1. The molecule has 1 aromatic heterocycles. The highest BCUT2D eigenvalue weighted by atomic mass is 79.9. The van der Waals surface area contributed by atoms with Gasteiger partial charge < -0.3 is 19.3 Å². The molecular formula is C19H20BrN3O3. The highest BCUT2D eigenvalue weighted by molar-refractivity contribution is 9.10. The molecule has 3 heterocycles. The Morgan fingerprint density at radius 2 is 1.77 bits per heavy atom. The highest BCUT2D eigenvalue weighted by Gasteiger charge is 2.37. The zero-order valence-corrected chi connectivity index (χ0v) is 16.1. The van der Waals surface area contributed by atoms with Crippen molar-refractivity contribution in [2.24, 2.45) is 0 Å². The van der Waals surface area contributed by atoms with Crippen molar-refractivity contribution >= 4 is 27.7 Å². The van der Waals surface area contributed by atoms with Crippen molar-refractivity contribution in [1.82, 2.24) is 9.88 Å². The second-order valence-electron chi connectivity index (χ2n) is 6.46. The molecule has 0 aliphatic carbocycles. The third-order valence-electron chi connectivity index (χ3n) is 4.71. The molecule has 0 bridgehead atoms. The molecule has 6 nitrogen and oxygen atoms in total. The fraction of sp³-hybridized carbons (Fsp3) is 0.368. The van der Waals surface area contributed by atoms with Crippen LogP contribution in [0.15, 0.2) is 47.1 Å². The third-order valence-corrected chi connectivity index (χ3v) is 5.18. The Morgan fingerprint density at radius 1 is 1.08 bits per heavy atom. The van der Waals surface area contributed by atoms with Crippen LogP contribution in [0.4, 0.5) is 5.82 Å². The van der Waals surface area contributed by atoms with Gasteiger partial charge in [0.1, 0.15) is 11.9 Å². The fourth-order valence-corrected chi connectivity index (χ4v) is 3.52. The standard InChI is InChI=1S/C19H20BrN3O3/c1-13-18(26-16-5-3-2-4-15(16)25-13)19(24)23-10-8-22(9-11-23)17-7-6-14(20)12-21-17/h2-7,12-13,18H,8-11H2,1H3. The fourth-order valence-electron chi connectivity index (χ4n) is 3.28. The monoisotopic (exact) mass is 417 g/mol. The van der Waals surface area contributed by atoms with Gasteiger partial charge in [-0.2, -0.15) is 0 Å². The SMILES string of the molecule is CC1Oc2ccccc2OC1C(=O)N1CCN(c2ccc(Br)cn2)CC1. The smallest absolute Gasteiger partial charge is 0.267 e. The molecule has 0 saturated carbocycles. The van der Waals surface area contributed by atoms with Gasteiger partial charge in [0.2, 0.25) is 6.10 Å². The first-order valence-electron chi connectivity index (χ1n) is 8.69. The number of piperazine rings is 1. The predicted octanol–water partition coefficient (Wildman–Crippen LogP) is 2.72. The number of pyridine rings is 1. The molecule has 1 saturated heterocycles. The van der Waals surface area contributed by atoms with Gasteiger partial charge in [0.05, 0.1) is 0 Å². The molecule has 1 aromatic carbocycles. The van der Waals surface area contributed by atoms with Crippen LogP contribution in [0.3, 0.4) is 0 Å². The van der Waals surface area contributed by atoms with Crippen LogP contribution in [0.25, 0.3) is 0 Å². The van der Waals surface area contributed by atoms with Gasteiger partial charge in [-0.1, -0.05) is 12.1 Å². The molecule has 0 spiro atoms. The lowest BCUT2D eigenvalue weighted by atomic mass is 10.1. The minimum Gasteiger partial charge on any atom is -0.482 e. The Labute approximate surface area is 160 Å². The molecule has 1 fully saturated rings. The van der Waals surface area contributed by atoms with E-state index >= 15 is 0 Å². The molecule has 2 unspecified atom stereocenters. The van der Waals surface area contributed by atoms with Gasteiger partial charge in [0, 0.05) is 36.8 Å². The summed E-state index contributed by atoms with van der Waals surface area (Å²) in [6, 6.07) is 11.4. The number of anilines is 1. The molecule has 0 radical (unpaired) electrons.